The van der Waals surface area contributed by atoms with Crippen LogP contribution in [0.4, 0.5) is 4.79 Å². The number of aliphatic carboxylic acids is 1. The molecule has 104 valence electrons. The second-order valence-corrected chi connectivity index (χ2v) is 3.70. The number of carbonyl (C=O) groups is 3. The van der Waals surface area contributed by atoms with Crippen molar-refractivity contribution in [1.29, 1.82) is 0 Å². The van der Waals surface area contributed by atoms with Crippen LogP contribution in [0.5, 0.6) is 0 Å². The number of nitrogens with zero attached hydrogens (tertiary/aromatic N) is 1. The first-order chi connectivity index (χ1) is 8.42. The van der Waals surface area contributed by atoms with Crippen molar-refractivity contribution in [3.8, 4) is 0 Å². The van der Waals surface area contributed by atoms with Crippen molar-refractivity contribution < 1.29 is 24.6 Å². The van der Waals surface area contributed by atoms with Gasteiger partial charge in [-0.15, -0.1) is 0 Å². The molecule has 0 radical (unpaired) electrons. The Morgan fingerprint density at radius 2 is 1.94 bits per heavy atom. The lowest BCUT2D eigenvalue weighted by molar-refractivity contribution is -0.139. The van der Waals surface area contributed by atoms with E-state index in [9.17, 15) is 14.4 Å². The quantitative estimate of drug-likeness (QED) is 0.449. The van der Waals surface area contributed by atoms with Gasteiger partial charge in [-0.25, -0.2) is 9.59 Å². The van der Waals surface area contributed by atoms with E-state index in [1.807, 2.05) is 0 Å². The van der Waals surface area contributed by atoms with Crippen molar-refractivity contribution in [1.82, 2.24) is 15.5 Å². The molecule has 0 heterocycles. The van der Waals surface area contributed by atoms with E-state index in [1.54, 1.807) is 0 Å². The highest BCUT2D eigenvalue weighted by Gasteiger charge is 2.21. The van der Waals surface area contributed by atoms with Gasteiger partial charge in [-0.2, -0.15) is 0 Å². The molecule has 0 aromatic heterocycles. The van der Waals surface area contributed by atoms with E-state index in [0.29, 0.717) is 0 Å². The molecule has 0 aliphatic carbocycles. The molecule has 0 spiro atoms. The predicted octanol–water partition coefficient (Wildman–Crippen LogP) is -1.40. The molecule has 4 N–H and O–H groups in total. The van der Waals surface area contributed by atoms with Crippen LogP contribution in [0.2, 0.25) is 0 Å². The molecule has 0 unspecified atom stereocenters. The van der Waals surface area contributed by atoms with E-state index >= 15 is 0 Å². The highest BCUT2D eigenvalue weighted by Crippen LogP contribution is 1.95. The molecule has 0 fully saturated rings. The summed E-state index contributed by atoms with van der Waals surface area (Å²) in [5, 5.41) is 22.1. The molecule has 0 bridgehead atoms. The third-order valence-electron chi connectivity index (χ3n) is 2.31. The average Bonchev–Trinajstić information content (AvgIpc) is 2.34. The van der Waals surface area contributed by atoms with Crippen molar-refractivity contribution in [3.05, 3.63) is 0 Å². The van der Waals surface area contributed by atoms with Gasteiger partial charge in [0.25, 0.3) is 0 Å². The fraction of sp³-hybridized carbons (Fsp3) is 0.700. The molecule has 1 atom stereocenters. The Balaban J connectivity index is 4.20. The zero-order valence-corrected chi connectivity index (χ0v) is 10.5. The van der Waals surface area contributed by atoms with E-state index < -0.39 is 18.0 Å². The summed E-state index contributed by atoms with van der Waals surface area (Å²) in [5.41, 5.74) is 0. The largest absolute Gasteiger partial charge is 0.480 e. The Bertz CT molecular complexity index is 308. The number of carbonyl (C=O) groups excluding carboxylic acids is 2. The van der Waals surface area contributed by atoms with Gasteiger partial charge in [0, 0.05) is 40.1 Å². The van der Waals surface area contributed by atoms with Gasteiger partial charge in [-0.05, 0) is 0 Å². The summed E-state index contributed by atoms with van der Waals surface area (Å²) < 4.78 is 0. The summed E-state index contributed by atoms with van der Waals surface area (Å²) >= 11 is 0. The molecule has 0 aromatic rings. The molecule has 18 heavy (non-hydrogen) atoms. The number of aliphatic hydroxyl groups is 1. The van der Waals surface area contributed by atoms with Crippen molar-refractivity contribution in [2.75, 3.05) is 27.2 Å². The number of urea groups is 1. The highest BCUT2D eigenvalue weighted by atomic mass is 16.4. The molecular weight excluding hydrogens is 242 g/mol. The van der Waals surface area contributed by atoms with Crippen LogP contribution in [0.15, 0.2) is 0 Å². The lowest BCUT2D eigenvalue weighted by atomic mass is 10.2. The standard InChI is InChI=1S/C10H19N3O5/c1-11-8(15)3-5-13(2)10(18)12-7(4-6-14)9(16)17/h7,14H,3-6H2,1-2H3,(H,11,15)(H,12,18)(H,16,17)/t7-/m0/s1. The van der Waals surface area contributed by atoms with Crippen LogP contribution < -0.4 is 10.6 Å². The van der Waals surface area contributed by atoms with E-state index in [-0.39, 0.29) is 31.9 Å². The summed E-state index contributed by atoms with van der Waals surface area (Å²) in [6.45, 7) is -0.157. The van der Waals surface area contributed by atoms with Gasteiger partial charge in [0.15, 0.2) is 0 Å². The molecule has 0 aliphatic heterocycles. The highest BCUT2D eigenvalue weighted by molar-refractivity contribution is 5.83. The monoisotopic (exact) mass is 261 g/mol. The fourth-order valence-corrected chi connectivity index (χ4v) is 1.14. The number of aliphatic hydroxyl groups excluding tert-OH is 1. The molecule has 3 amide bonds. The molecule has 0 rings (SSSR count). The first-order valence-electron chi connectivity index (χ1n) is 5.48. The van der Waals surface area contributed by atoms with Crippen LogP contribution >= 0.6 is 0 Å². The summed E-state index contributed by atoms with van der Waals surface area (Å²) in [4.78, 5) is 34.5. The number of hydrogen-bond donors (Lipinski definition) is 4. The molecule has 8 heteroatoms. The second kappa shape index (κ2) is 8.29. The predicted molar refractivity (Wildman–Crippen MR) is 63.0 cm³/mol. The van der Waals surface area contributed by atoms with E-state index in [0.717, 1.165) is 0 Å². The minimum atomic E-state index is -1.21. The lowest BCUT2D eigenvalue weighted by Crippen LogP contribution is -2.47. The van der Waals surface area contributed by atoms with Gasteiger partial charge in [0.05, 0.1) is 0 Å². The Morgan fingerprint density at radius 3 is 2.39 bits per heavy atom. The van der Waals surface area contributed by atoms with Gasteiger partial charge >= 0.3 is 12.0 Å². The van der Waals surface area contributed by atoms with Gasteiger partial charge in [0.2, 0.25) is 5.91 Å². The van der Waals surface area contributed by atoms with Gasteiger partial charge in [-0.1, -0.05) is 0 Å². The van der Waals surface area contributed by atoms with Crippen LogP contribution in [0.3, 0.4) is 0 Å². The first-order valence-corrected chi connectivity index (χ1v) is 5.48. The van der Waals surface area contributed by atoms with Crippen LogP contribution in [0, 0.1) is 0 Å². The minimum Gasteiger partial charge on any atom is -0.480 e. The Kier molecular flexibility index (Phi) is 7.45. The fourth-order valence-electron chi connectivity index (χ4n) is 1.14. The SMILES string of the molecule is CNC(=O)CCN(C)C(=O)N[C@@H](CCO)C(=O)O. The molecular formula is C10H19N3O5. The Labute approximate surface area is 105 Å². The average molecular weight is 261 g/mol. The van der Waals surface area contributed by atoms with Gasteiger partial charge in [-0.3, -0.25) is 4.79 Å². The Hall–Kier alpha value is -1.83. The summed E-state index contributed by atoms with van der Waals surface area (Å²) in [7, 11) is 2.94. The van der Waals surface area contributed by atoms with Crippen LogP contribution in [-0.2, 0) is 9.59 Å². The molecule has 8 nitrogen and oxygen atoms in total. The smallest absolute Gasteiger partial charge is 0.326 e. The molecule has 0 saturated carbocycles. The number of rotatable bonds is 7. The topological polar surface area (TPSA) is 119 Å². The molecule has 0 saturated heterocycles. The van der Waals surface area contributed by atoms with Crippen molar-refractivity contribution in [2.45, 2.75) is 18.9 Å². The lowest BCUT2D eigenvalue weighted by Gasteiger charge is -2.20. The van der Waals surface area contributed by atoms with Crippen molar-refractivity contribution >= 4 is 17.9 Å². The van der Waals surface area contributed by atoms with E-state index in [2.05, 4.69) is 10.6 Å². The van der Waals surface area contributed by atoms with Crippen molar-refractivity contribution in [3.63, 3.8) is 0 Å². The normalized spacial score (nSPS) is 11.5. The van der Waals surface area contributed by atoms with Crippen LogP contribution in [0.25, 0.3) is 0 Å². The zero-order chi connectivity index (χ0) is 14.1. The second-order valence-electron chi connectivity index (χ2n) is 3.70. The molecule has 0 aromatic carbocycles. The van der Waals surface area contributed by atoms with Crippen LogP contribution in [-0.4, -0.2) is 66.3 Å². The van der Waals surface area contributed by atoms with Crippen LogP contribution in [0.1, 0.15) is 12.8 Å². The summed E-state index contributed by atoms with van der Waals surface area (Å²) in [6, 6.07) is -1.73. The number of hydrogen-bond acceptors (Lipinski definition) is 4. The third-order valence-corrected chi connectivity index (χ3v) is 2.31. The third kappa shape index (κ3) is 6.04. The van der Waals surface area contributed by atoms with Crippen molar-refractivity contribution in [2.24, 2.45) is 0 Å². The Morgan fingerprint density at radius 1 is 1.33 bits per heavy atom. The first kappa shape index (κ1) is 16.2. The number of carboxylic acid groups (broad SMARTS) is 1. The van der Waals surface area contributed by atoms with Gasteiger partial charge in [0.1, 0.15) is 6.04 Å². The maximum atomic E-state index is 11.6. The molecule has 0 aliphatic rings. The summed E-state index contributed by atoms with van der Waals surface area (Å²) in [5.74, 6) is -1.42. The number of carboxylic acids is 1. The number of amides is 3. The maximum Gasteiger partial charge on any atom is 0.326 e. The zero-order valence-electron chi connectivity index (χ0n) is 10.5. The number of nitrogens with one attached hydrogen (secondary N) is 2. The van der Waals surface area contributed by atoms with Gasteiger partial charge < -0.3 is 25.7 Å². The summed E-state index contributed by atoms with van der Waals surface area (Å²) in [6.07, 6.45) is 0.0719. The van der Waals surface area contributed by atoms with E-state index in [4.69, 9.17) is 10.2 Å². The van der Waals surface area contributed by atoms with E-state index in [1.165, 1.54) is 19.0 Å². The minimum absolute atomic E-state index is 0.0651. The maximum absolute atomic E-state index is 11.6.